The van der Waals surface area contributed by atoms with E-state index in [1.807, 2.05) is 42.5 Å². The van der Waals surface area contributed by atoms with Crippen LogP contribution < -0.4 is 5.32 Å². The van der Waals surface area contributed by atoms with Gasteiger partial charge in [0.15, 0.2) is 0 Å². The molecule has 2 aromatic carbocycles. The van der Waals surface area contributed by atoms with E-state index < -0.39 is 6.09 Å². The SMILES string of the molecule is COC(=O)N(C)CC(=O)Nc1cccc2ccccc12. The Balaban J connectivity index is 2.12. The predicted molar refractivity (Wildman–Crippen MR) is 77.6 cm³/mol. The van der Waals surface area contributed by atoms with Crippen LogP contribution >= 0.6 is 0 Å². The molecule has 0 aliphatic heterocycles. The van der Waals surface area contributed by atoms with Crippen molar-refractivity contribution in [3.05, 3.63) is 42.5 Å². The number of nitrogens with zero attached hydrogens (tertiary/aromatic N) is 1. The summed E-state index contributed by atoms with van der Waals surface area (Å²) in [7, 11) is 2.79. The van der Waals surface area contributed by atoms with E-state index in [0.29, 0.717) is 0 Å². The first-order valence-electron chi connectivity index (χ1n) is 6.18. The third kappa shape index (κ3) is 3.06. The summed E-state index contributed by atoms with van der Waals surface area (Å²) in [5.74, 6) is -0.269. The number of carbonyl (C=O) groups is 2. The molecule has 2 amide bonds. The second-order valence-corrected chi connectivity index (χ2v) is 4.40. The molecule has 0 unspecified atom stereocenters. The van der Waals surface area contributed by atoms with Crippen LogP contribution in [0.3, 0.4) is 0 Å². The van der Waals surface area contributed by atoms with Crippen LogP contribution in [0.25, 0.3) is 10.8 Å². The Morgan fingerprint density at radius 2 is 1.85 bits per heavy atom. The number of likely N-dealkylation sites (N-methyl/N-ethyl adjacent to an activating group) is 1. The van der Waals surface area contributed by atoms with Crippen molar-refractivity contribution in [2.45, 2.75) is 0 Å². The van der Waals surface area contributed by atoms with Gasteiger partial charge in [-0.2, -0.15) is 0 Å². The average molecular weight is 272 g/mol. The van der Waals surface area contributed by atoms with Crippen molar-refractivity contribution < 1.29 is 14.3 Å². The Bertz CT molecular complexity index is 635. The maximum atomic E-state index is 11.9. The molecule has 0 spiro atoms. The molecular weight excluding hydrogens is 256 g/mol. The molecular formula is C15H16N2O3. The van der Waals surface area contributed by atoms with E-state index in [1.54, 1.807) is 0 Å². The van der Waals surface area contributed by atoms with Crippen LogP contribution in [0.2, 0.25) is 0 Å². The number of benzene rings is 2. The largest absolute Gasteiger partial charge is 0.453 e. The molecule has 5 heteroatoms. The van der Waals surface area contributed by atoms with Gasteiger partial charge in [-0.3, -0.25) is 4.79 Å². The minimum Gasteiger partial charge on any atom is -0.453 e. The molecule has 0 saturated carbocycles. The number of methoxy groups -OCH3 is 1. The average Bonchev–Trinajstić information content (AvgIpc) is 2.46. The lowest BCUT2D eigenvalue weighted by atomic mass is 10.1. The first kappa shape index (κ1) is 13.9. The van der Waals surface area contributed by atoms with Crippen molar-refractivity contribution in [2.75, 3.05) is 26.0 Å². The molecule has 5 nitrogen and oxygen atoms in total. The number of rotatable bonds is 3. The summed E-state index contributed by atoms with van der Waals surface area (Å²) >= 11 is 0. The van der Waals surface area contributed by atoms with Gasteiger partial charge >= 0.3 is 6.09 Å². The first-order chi connectivity index (χ1) is 9.61. The molecule has 0 atom stereocenters. The highest BCUT2D eigenvalue weighted by Crippen LogP contribution is 2.22. The second-order valence-electron chi connectivity index (χ2n) is 4.40. The van der Waals surface area contributed by atoms with Crippen LogP contribution in [0, 0.1) is 0 Å². The van der Waals surface area contributed by atoms with Gasteiger partial charge in [0.25, 0.3) is 0 Å². The van der Waals surface area contributed by atoms with Crippen molar-refractivity contribution in [2.24, 2.45) is 0 Å². The Morgan fingerprint density at radius 3 is 2.60 bits per heavy atom. The summed E-state index contributed by atoms with van der Waals surface area (Å²) in [6.45, 7) is -0.0596. The zero-order valence-corrected chi connectivity index (χ0v) is 11.4. The van der Waals surface area contributed by atoms with Crippen LogP contribution in [0.15, 0.2) is 42.5 Å². The lowest BCUT2D eigenvalue weighted by molar-refractivity contribution is -0.116. The monoisotopic (exact) mass is 272 g/mol. The van der Waals surface area contributed by atoms with E-state index in [2.05, 4.69) is 10.1 Å². The maximum Gasteiger partial charge on any atom is 0.409 e. The molecule has 1 N–H and O–H groups in total. The standard InChI is InChI=1S/C15H16N2O3/c1-17(15(19)20-2)10-14(18)16-13-9-5-7-11-6-3-4-8-12(11)13/h3-9H,10H2,1-2H3,(H,16,18). The quantitative estimate of drug-likeness (QED) is 0.933. The molecule has 0 bridgehead atoms. The van der Waals surface area contributed by atoms with Gasteiger partial charge in [-0.25, -0.2) is 4.79 Å². The molecule has 0 aliphatic carbocycles. The molecule has 104 valence electrons. The van der Waals surface area contributed by atoms with Crippen LogP contribution in [0.1, 0.15) is 0 Å². The van der Waals surface area contributed by atoms with Gasteiger partial charge in [0.05, 0.1) is 7.11 Å². The fraction of sp³-hybridized carbons (Fsp3) is 0.200. The number of hydrogen-bond acceptors (Lipinski definition) is 3. The van der Waals surface area contributed by atoms with Crippen molar-refractivity contribution in [3.8, 4) is 0 Å². The highest BCUT2D eigenvalue weighted by molar-refractivity contribution is 6.03. The van der Waals surface area contributed by atoms with Gasteiger partial charge in [-0.1, -0.05) is 36.4 Å². The van der Waals surface area contributed by atoms with Gasteiger partial charge < -0.3 is 15.0 Å². The van der Waals surface area contributed by atoms with E-state index in [-0.39, 0.29) is 12.5 Å². The molecule has 0 saturated heterocycles. The number of anilines is 1. The molecule has 0 fully saturated rings. The third-order valence-corrected chi connectivity index (χ3v) is 2.93. The lowest BCUT2D eigenvalue weighted by Crippen LogP contribution is -2.34. The van der Waals surface area contributed by atoms with Crippen molar-refractivity contribution in [1.29, 1.82) is 0 Å². The minimum atomic E-state index is -0.543. The molecule has 0 heterocycles. The molecule has 20 heavy (non-hydrogen) atoms. The molecule has 0 aromatic heterocycles. The molecule has 2 rings (SSSR count). The summed E-state index contributed by atoms with van der Waals surface area (Å²) in [5, 5.41) is 4.82. The van der Waals surface area contributed by atoms with Crippen LogP contribution in [-0.4, -0.2) is 37.6 Å². The van der Waals surface area contributed by atoms with E-state index in [9.17, 15) is 9.59 Å². The zero-order chi connectivity index (χ0) is 14.5. The van der Waals surface area contributed by atoms with Crippen LogP contribution in [0.5, 0.6) is 0 Å². The molecule has 0 radical (unpaired) electrons. The van der Waals surface area contributed by atoms with Gasteiger partial charge in [0, 0.05) is 18.1 Å². The van der Waals surface area contributed by atoms with Gasteiger partial charge in [0.1, 0.15) is 6.54 Å². The number of nitrogens with one attached hydrogen (secondary N) is 1. The summed E-state index contributed by atoms with van der Waals surface area (Å²) < 4.78 is 4.54. The number of fused-ring (bicyclic) bond motifs is 1. The number of carbonyl (C=O) groups excluding carboxylic acids is 2. The Labute approximate surface area is 117 Å². The van der Waals surface area contributed by atoms with Gasteiger partial charge in [-0.05, 0) is 11.5 Å². The summed E-state index contributed by atoms with van der Waals surface area (Å²) in [6.07, 6.45) is -0.543. The Hall–Kier alpha value is -2.56. The summed E-state index contributed by atoms with van der Waals surface area (Å²) in [5.41, 5.74) is 0.728. The van der Waals surface area contributed by atoms with E-state index >= 15 is 0 Å². The smallest absolute Gasteiger partial charge is 0.409 e. The first-order valence-corrected chi connectivity index (χ1v) is 6.18. The van der Waals surface area contributed by atoms with E-state index in [4.69, 9.17) is 0 Å². The van der Waals surface area contributed by atoms with Gasteiger partial charge in [-0.15, -0.1) is 0 Å². The zero-order valence-electron chi connectivity index (χ0n) is 11.4. The minimum absolute atomic E-state index is 0.0596. The Morgan fingerprint density at radius 1 is 1.15 bits per heavy atom. The normalized spacial score (nSPS) is 10.1. The topological polar surface area (TPSA) is 58.6 Å². The highest BCUT2D eigenvalue weighted by Gasteiger charge is 2.13. The predicted octanol–water partition coefficient (Wildman–Crippen LogP) is 2.48. The molecule has 0 aliphatic rings. The van der Waals surface area contributed by atoms with E-state index in [0.717, 1.165) is 16.5 Å². The van der Waals surface area contributed by atoms with Crippen molar-refractivity contribution in [1.82, 2.24) is 4.90 Å². The third-order valence-electron chi connectivity index (χ3n) is 2.93. The summed E-state index contributed by atoms with van der Waals surface area (Å²) in [6, 6.07) is 13.5. The van der Waals surface area contributed by atoms with Crippen molar-refractivity contribution >= 4 is 28.5 Å². The molecule has 2 aromatic rings. The lowest BCUT2D eigenvalue weighted by Gasteiger charge is -2.15. The number of hydrogen-bond donors (Lipinski definition) is 1. The van der Waals surface area contributed by atoms with Crippen LogP contribution in [-0.2, 0) is 9.53 Å². The fourth-order valence-electron chi connectivity index (χ4n) is 1.96. The fourth-order valence-corrected chi connectivity index (χ4v) is 1.96. The maximum absolute atomic E-state index is 11.9. The summed E-state index contributed by atoms with van der Waals surface area (Å²) in [4.78, 5) is 24.4. The number of amides is 2. The Kier molecular flexibility index (Phi) is 4.20. The second kappa shape index (κ2) is 6.06. The van der Waals surface area contributed by atoms with Gasteiger partial charge in [0.2, 0.25) is 5.91 Å². The number of ether oxygens (including phenoxy) is 1. The van der Waals surface area contributed by atoms with E-state index in [1.165, 1.54) is 19.1 Å². The van der Waals surface area contributed by atoms with Crippen LogP contribution in [0.4, 0.5) is 10.5 Å². The highest BCUT2D eigenvalue weighted by atomic mass is 16.5. The van der Waals surface area contributed by atoms with Crippen molar-refractivity contribution in [3.63, 3.8) is 0 Å².